The smallest absolute Gasteiger partial charge is 0.239 e. The summed E-state index contributed by atoms with van der Waals surface area (Å²) in [5.74, 6) is 1.25. The summed E-state index contributed by atoms with van der Waals surface area (Å²) in [5, 5.41) is 8.01. The van der Waals surface area contributed by atoms with Crippen molar-refractivity contribution in [2.24, 2.45) is 12.8 Å². The summed E-state index contributed by atoms with van der Waals surface area (Å²) in [6, 6.07) is -0.423. The highest BCUT2D eigenvalue weighted by Crippen LogP contribution is 2.25. The summed E-state index contributed by atoms with van der Waals surface area (Å²) >= 11 is 0. The SMILES string of the molecule is C[C@H](N)C(=O)N1CCCC(c2nncn2C)C1. The number of likely N-dealkylation sites (tertiary alicyclic amines) is 1. The molecule has 17 heavy (non-hydrogen) atoms. The molecule has 6 nitrogen and oxygen atoms in total. The Hall–Kier alpha value is -1.43. The number of piperidine rings is 1. The zero-order chi connectivity index (χ0) is 12.4. The third-order valence-corrected chi connectivity index (χ3v) is 3.23. The molecule has 1 saturated heterocycles. The topological polar surface area (TPSA) is 77.0 Å². The molecule has 2 heterocycles. The number of aryl methyl sites for hydroxylation is 1. The van der Waals surface area contributed by atoms with E-state index in [0.29, 0.717) is 6.54 Å². The molecule has 6 heteroatoms. The molecule has 1 aliphatic rings. The molecular formula is C11H19N5O. The van der Waals surface area contributed by atoms with Crippen LogP contribution in [0.15, 0.2) is 6.33 Å². The van der Waals surface area contributed by atoms with E-state index >= 15 is 0 Å². The molecule has 0 spiro atoms. The van der Waals surface area contributed by atoms with Crippen molar-refractivity contribution in [3.63, 3.8) is 0 Å². The summed E-state index contributed by atoms with van der Waals surface area (Å²) in [5.41, 5.74) is 5.64. The highest BCUT2D eigenvalue weighted by molar-refractivity contribution is 5.81. The Morgan fingerprint density at radius 3 is 3.00 bits per heavy atom. The number of hydrogen-bond acceptors (Lipinski definition) is 4. The summed E-state index contributed by atoms with van der Waals surface area (Å²) in [4.78, 5) is 13.7. The molecule has 0 bridgehead atoms. The van der Waals surface area contributed by atoms with Crippen LogP contribution in [-0.2, 0) is 11.8 Å². The summed E-state index contributed by atoms with van der Waals surface area (Å²) < 4.78 is 1.92. The van der Waals surface area contributed by atoms with E-state index in [1.165, 1.54) is 0 Å². The lowest BCUT2D eigenvalue weighted by Gasteiger charge is -2.33. The first kappa shape index (κ1) is 12.0. The van der Waals surface area contributed by atoms with Crippen LogP contribution in [0.4, 0.5) is 0 Å². The molecule has 1 aromatic heterocycles. The van der Waals surface area contributed by atoms with E-state index in [1.807, 2.05) is 16.5 Å². The van der Waals surface area contributed by atoms with Gasteiger partial charge in [0.05, 0.1) is 6.04 Å². The number of rotatable bonds is 2. The van der Waals surface area contributed by atoms with Gasteiger partial charge in [-0.1, -0.05) is 0 Å². The molecule has 1 aromatic rings. The fourth-order valence-electron chi connectivity index (χ4n) is 2.34. The lowest BCUT2D eigenvalue weighted by Crippen LogP contribution is -2.46. The van der Waals surface area contributed by atoms with Crippen LogP contribution < -0.4 is 5.73 Å². The average molecular weight is 237 g/mol. The van der Waals surface area contributed by atoms with Crippen LogP contribution in [-0.4, -0.2) is 44.7 Å². The van der Waals surface area contributed by atoms with Gasteiger partial charge in [0.25, 0.3) is 0 Å². The first-order valence-corrected chi connectivity index (χ1v) is 5.98. The maximum atomic E-state index is 11.9. The second-order valence-corrected chi connectivity index (χ2v) is 4.71. The Balaban J connectivity index is 2.08. The predicted octanol–water partition coefficient (Wildman–Crippen LogP) is -0.132. The molecule has 0 aliphatic carbocycles. The van der Waals surface area contributed by atoms with E-state index in [0.717, 1.165) is 25.2 Å². The van der Waals surface area contributed by atoms with Crippen LogP contribution in [0.2, 0.25) is 0 Å². The van der Waals surface area contributed by atoms with Crippen molar-refractivity contribution in [2.45, 2.75) is 31.7 Å². The van der Waals surface area contributed by atoms with Gasteiger partial charge in [-0.15, -0.1) is 10.2 Å². The van der Waals surface area contributed by atoms with E-state index in [1.54, 1.807) is 13.3 Å². The van der Waals surface area contributed by atoms with E-state index < -0.39 is 6.04 Å². The number of carbonyl (C=O) groups excluding carboxylic acids is 1. The lowest BCUT2D eigenvalue weighted by atomic mass is 9.96. The van der Waals surface area contributed by atoms with Gasteiger partial charge in [0.2, 0.25) is 5.91 Å². The van der Waals surface area contributed by atoms with Crippen LogP contribution in [0, 0.1) is 0 Å². The molecule has 2 rings (SSSR count). The largest absolute Gasteiger partial charge is 0.341 e. The van der Waals surface area contributed by atoms with Gasteiger partial charge in [-0.05, 0) is 19.8 Å². The normalized spacial score (nSPS) is 22.5. The van der Waals surface area contributed by atoms with Crippen molar-refractivity contribution in [1.82, 2.24) is 19.7 Å². The molecular weight excluding hydrogens is 218 g/mol. The lowest BCUT2D eigenvalue weighted by molar-refractivity contribution is -0.133. The van der Waals surface area contributed by atoms with E-state index in [4.69, 9.17) is 5.73 Å². The Labute approximate surface area is 101 Å². The number of carbonyl (C=O) groups is 1. The van der Waals surface area contributed by atoms with Crippen LogP contribution in [0.5, 0.6) is 0 Å². The van der Waals surface area contributed by atoms with Crippen molar-refractivity contribution in [3.8, 4) is 0 Å². The zero-order valence-electron chi connectivity index (χ0n) is 10.3. The van der Waals surface area contributed by atoms with Crippen LogP contribution >= 0.6 is 0 Å². The molecule has 1 aliphatic heterocycles. The molecule has 2 atom stereocenters. The van der Waals surface area contributed by atoms with Gasteiger partial charge in [0.15, 0.2) is 0 Å². The number of nitrogens with zero attached hydrogens (tertiary/aromatic N) is 4. The molecule has 1 fully saturated rings. The minimum atomic E-state index is -0.423. The number of hydrogen-bond donors (Lipinski definition) is 1. The van der Waals surface area contributed by atoms with E-state index in [-0.39, 0.29) is 11.8 Å². The zero-order valence-corrected chi connectivity index (χ0v) is 10.3. The predicted molar refractivity (Wildman–Crippen MR) is 63.2 cm³/mol. The summed E-state index contributed by atoms with van der Waals surface area (Å²) in [6.07, 6.45) is 3.74. The first-order chi connectivity index (χ1) is 8.09. The van der Waals surface area contributed by atoms with Gasteiger partial charge in [0, 0.05) is 26.1 Å². The van der Waals surface area contributed by atoms with E-state index in [2.05, 4.69) is 10.2 Å². The quantitative estimate of drug-likeness (QED) is 0.777. The fourth-order valence-corrected chi connectivity index (χ4v) is 2.34. The van der Waals surface area contributed by atoms with Crippen LogP contribution in [0.25, 0.3) is 0 Å². The second kappa shape index (κ2) is 4.83. The minimum Gasteiger partial charge on any atom is -0.341 e. The number of nitrogens with two attached hydrogens (primary N) is 1. The van der Waals surface area contributed by atoms with Crippen molar-refractivity contribution >= 4 is 5.91 Å². The second-order valence-electron chi connectivity index (χ2n) is 4.71. The standard InChI is InChI=1S/C11H19N5O/c1-8(12)11(17)16-5-3-4-9(6-16)10-14-13-7-15(10)2/h7-9H,3-6,12H2,1-2H3/t8-,9?/m0/s1. The summed E-state index contributed by atoms with van der Waals surface area (Å²) in [6.45, 7) is 3.23. The van der Waals surface area contributed by atoms with Crippen molar-refractivity contribution in [1.29, 1.82) is 0 Å². The third-order valence-electron chi connectivity index (χ3n) is 3.23. The van der Waals surface area contributed by atoms with Crippen molar-refractivity contribution in [3.05, 3.63) is 12.2 Å². The third kappa shape index (κ3) is 2.46. The van der Waals surface area contributed by atoms with Gasteiger partial charge in [0.1, 0.15) is 12.2 Å². The van der Waals surface area contributed by atoms with Gasteiger partial charge in [-0.3, -0.25) is 4.79 Å². The molecule has 1 amide bonds. The monoisotopic (exact) mass is 237 g/mol. The van der Waals surface area contributed by atoms with Crippen molar-refractivity contribution in [2.75, 3.05) is 13.1 Å². The molecule has 0 saturated carbocycles. The molecule has 94 valence electrons. The molecule has 2 N–H and O–H groups in total. The fraction of sp³-hybridized carbons (Fsp3) is 0.727. The van der Waals surface area contributed by atoms with Gasteiger partial charge < -0.3 is 15.2 Å². The first-order valence-electron chi connectivity index (χ1n) is 5.98. The Morgan fingerprint density at radius 1 is 1.65 bits per heavy atom. The van der Waals surface area contributed by atoms with Crippen LogP contribution in [0.3, 0.4) is 0 Å². The van der Waals surface area contributed by atoms with Crippen molar-refractivity contribution < 1.29 is 4.79 Å². The maximum absolute atomic E-state index is 11.9. The maximum Gasteiger partial charge on any atom is 0.239 e. The highest BCUT2D eigenvalue weighted by Gasteiger charge is 2.28. The molecule has 0 aromatic carbocycles. The van der Waals surface area contributed by atoms with Gasteiger partial charge >= 0.3 is 0 Å². The highest BCUT2D eigenvalue weighted by atomic mass is 16.2. The summed E-state index contributed by atoms with van der Waals surface area (Å²) in [7, 11) is 1.93. The van der Waals surface area contributed by atoms with E-state index in [9.17, 15) is 4.79 Å². The van der Waals surface area contributed by atoms with Crippen LogP contribution in [0.1, 0.15) is 31.5 Å². The minimum absolute atomic E-state index is 0.0249. The van der Waals surface area contributed by atoms with Gasteiger partial charge in [-0.25, -0.2) is 0 Å². The average Bonchev–Trinajstić information content (AvgIpc) is 2.74. The number of amides is 1. The van der Waals surface area contributed by atoms with Gasteiger partial charge in [-0.2, -0.15) is 0 Å². The number of aromatic nitrogens is 3. The Kier molecular flexibility index (Phi) is 3.42. The Bertz CT molecular complexity index is 400. The Morgan fingerprint density at radius 2 is 2.41 bits per heavy atom. The molecule has 0 radical (unpaired) electrons. The molecule has 1 unspecified atom stereocenters.